The van der Waals surface area contributed by atoms with E-state index in [2.05, 4.69) is 45.1 Å². The number of carbonyl (C=O) groups excluding carboxylic acids is 1. The number of hydrogen-bond acceptors (Lipinski definition) is 8. The number of ether oxygens (including phenoxy) is 3. The van der Waals surface area contributed by atoms with Gasteiger partial charge in [-0.05, 0) is 79.5 Å². The summed E-state index contributed by atoms with van der Waals surface area (Å²) >= 11 is 0. The molecule has 232 valence electrons. The number of aromatic nitrogens is 4. The fourth-order valence-electron chi connectivity index (χ4n) is 5.68. The lowest BCUT2D eigenvalue weighted by molar-refractivity contribution is -0.0158. The highest BCUT2D eigenvalue weighted by Crippen LogP contribution is 2.37. The highest BCUT2D eigenvalue weighted by Gasteiger charge is 2.29. The third-order valence-electron chi connectivity index (χ3n) is 8.06. The molecular formula is C35H38N6O4. The summed E-state index contributed by atoms with van der Waals surface area (Å²) in [5.74, 6) is 0.990. The number of methoxy groups -OCH3 is 1. The number of fused-ring (bicyclic) bond motifs is 1. The quantitative estimate of drug-likeness (QED) is 0.114. The van der Waals surface area contributed by atoms with Crippen LogP contribution in [0.1, 0.15) is 65.4 Å². The number of imidazole rings is 1. The summed E-state index contributed by atoms with van der Waals surface area (Å²) < 4.78 is 19.7. The van der Waals surface area contributed by atoms with Crippen LogP contribution in [0.15, 0.2) is 71.8 Å². The van der Waals surface area contributed by atoms with Crippen LogP contribution in [0.4, 0.5) is 5.82 Å². The number of carbonyl (C=O) groups is 1. The van der Waals surface area contributed by atoms with Crippen LogP contribution in [-0.2, 0) is 9.47 Å². The molecule has 3 heterocycles. The average Bonchev–Trinajstić information content (AvgIpc) is 3.67. The predicted molar refractivity (Wildman–Crippen MR) is 175 cm³/mol. The SMILES string of the molecule is COC(=O)c1ccccc1C(/C=C/c1cc(C)cc(OCC2CCC(n3cnc4c(N=CN(C)C)ncnc43)O2)c1)=C1CCC1. The molecule has 1 saturated carbocycles. The number of nitrogens with zero attached hydrogens (tertiary/aromatic N) is 6. The van der Waals surface area contributed by atoms with E-state index in [-0.39, 0.29) is 18.3 Å². The summed E-state index contributed by atoms with van der Waals surface area (Å²) in [6, 6.07) is 13.9. The third-order valence-corrected chi connectivity index (χ3v) is 8.06. The Balaban J connectivity index is 1.14. The fraction of sp³-hybridized carbons (Fsp3) is 0.343. The van der Waals surface area contributed by atoms with Gasteiger partial charge in [0.2, 0.25) is 0 Å². The first-order chi connectivity index (χ1) is 21.9. The molecule has 2 aromatic carbocycles. The van der Waals surface area contributed by atoms with Crippen molar-refractivity contribution in [1.29, 1.82) is 0 Å². The Hall–Kier alpha value is -4.83. The van der Waals surface area contributed by atoms with Gasteiger partial charge in [-0.25, -0.2) is 24.7 Å². The minimum atomic E-state index is -0.326. The van der Waals surface area contributed by atoms with Crippen LogP contribution >= 0.6 is 0 Å². The van der Waals surface area contributed by atoms with Gasteiger partial charge in [0.1, 0.15) is 24.9 Å². The maximum atomic E-state index is 12.5. The molecule has 1 aliphatic carbocycles. The van der Waals surface area contributed by atoms with E-state index in [1.807, 2.05) is 60.0 Å². The van der Waals surface area contributed by atoms with E-state index in [0.29, 0.717) is 29.2 Å². The van der Waals surface area contributed by atoms with Crippen molar-refractivity contribution in [3.63, 3.8) is 0 Å². The Morgan fingerprint density at radius 3 is 2.69 bits per heavy atom. The maximum absolute atomic E-state index is 12.5. The van der Waals surface area contributed by atoms with E-state index in [9.17, 15) is 4.79 Å². The van der Waals surface area contributed by atoms with Gasteiger partial charge in [0, 0.05) is 14.1 Å². The van der Waals surface area contributed by atoms with Crippen LogP contribution < -0.4 is 4.74 Å². The summed E-state index contributed by atoms with van der Waals surface area (Å²) in [6.07, 6.45) is 13.8. The zero-order valence-corrected chi connectivity index (χ0v) is 26.1. The van der Waals surface area contributed by atoms with E-state index in [1.54, 1.807) is 12.7 Å². The Bertz CT molecular complexity index is 1780. The number of allylic oxidation sites excluding steroid dienone is 3. The van der Waals surface area contributed by atoms with Gasteiger partial charge in [0.25, 0.3) is 0 Å². The largest absolute Gasteiger partial charge is 0.491 e. The maximum Gasteiger partial charge on any atom is 0.338 e. The summed E-state index contributed by atoms with van der Waals surface area (Å²) in [6.45, 7) is 2.50. The van der Waals surface area contributed by atoms with Crippen molar-refractivity contribution in [2.45, 2.75) is 51.4 Å². The van der Waals surface area contributed by atoms with Gasteiger partial charge in [0.15, 0.2) is 17.0 Å². The average molecular weight is 607 g/mol. The summed E-state index contributed by atoms with van der Waals surface area (Å²) in [7, 11) is 5.23. The number of benzene rings is 2. The Labute approximate surface area is 263 Å². The molecule has 10 heteroatoms. The van der Waals surface area contributed by atoms with Crippen LogP contribution in [0.25, 0.3) is 22.8 Å². The lowest BCUT2D eigenvalue weighted by atomic mass is 9.83. The lowest BCUT2D eigenvalue weighted by Crippen LogP contribution is -2.18. The first kappa shape index (κ1) is 30.2. The van der Waals surface area contributed by atoms with Gasteiger partial charge >= 0.3 is 5.97 Å². The topological polar surface area (TPSA) is 104 Å². The molecule has 1 saturated heterocycles. The summed E-state index contributed by atoms with van der Waals surface area (Å²) in [4.78, 5) is 32.0. The van der Waals surface area contributed by atoms with Gasteiger partial charge in [-0.1, -0.05) is 42.0 Å². The monoisotopic (exact) mass is 606 g/mol. The number of aliphatic imine (C=N–C) groups is 1. The number of aryl methyl sites for hydroxylation is 1. The van der Waals surface area contributed by atoms with Crippen LogP contribution in [0, 0.1) is 6.92 Å². The Kier molecular flexibility index (Phi) is 9.02. The first-order valence-electron chi connectivity index (χ1n) is 15.3. The van der Waals surface area contributed by atoms with Crippen molar-refractivity contribution in [3.05, 3.63) is 89.0 Å². The second-order valence-electron chi connectivity index (χ2n) is 11.7. The first-order valence-corrected chi connectivity index (χ1v) is 15.3. The van der Waals surface area contributed by atoms with Gasteiger partial charge in [0.05, 0.1) is 31.4 Å². The highest BCUT2D eigenvalue weighted by molar-refractivity contribution is 5.98. The second kappa shape index (κ2) is 13.4. The zero-order valence-electron chi connectivity index (χ0n) is 26.1. The molecule has 2 atom stereocenters. The molecule has 6 rings (SSSR count). The molecular weight excluding hydrogens is 568 g/mol. The van der Waals surface area contributed by atoms with Gasteiger partial charge < -0.3 is 19.1 Å². The van der Waals surface area contributed by atoms with Crippen LogP contribution in [0.5, 0.6) is 5.75 Å². The van der Waals surface area contributed by atoms with Crippen molar-refractivity contribution in [2.75, 3.05) is 27.8 Å². The molecule has 0 N–H and O–H groups in total. The summed E-state index contributed by atoms with van der Waals surface area (Å²) in [5.41, 5.74) is 7.40. The molecule has 0 spiro atoms. The van der Waals surface area contributed by atoms with Crippen LogP contribution in [0.3, 0.4) is 0 Å². The fourth-order valence-corrected chi connectivity index (χ4v) is 5.68. The standard InChI is InChI=1S/C35H38N6O4/c1-23-16-24(12-14-28(25-8-7-9-25)29-10-5-6-11-30(29)35(42)43-4)18-27(17-23)44-19-26-13-15-31(45-26)41-22-38-32-33(39-21-40(2)3)36-20-37-34(32)41/h5-6,10-12,14,16-18,20-22,26,31H,7-9,13,15,19H2,1-4H3/b14-12+,39-21?. The molecule has 2 aromatic heterocycles. The van der Waals surface area contributed by atoms with E-state index in [1.165, 1.54) is 19.0 Å². The number of esters is 1. The molecule has 1 aliphatic heterocycles. The molecule has 0 radical (unpaired) electrons. The molecule has 2 aliphatic rings. The lowest BCUT2D eigenvalue weighted by Gasteiger charge is -2.22. The minimum absolute atomic E-state index is 0.0650. The van der Waals surface area contributed by atoms with E-state index in [0.717, 1.165) is 60.1 Å². The van der Waals surface area contributed by atoms with Crippen molar-refractivity contribution in [2.24, 2.45) is 4.99 Å². The van der Waals surface area contributed by atoms with Crippen molar-refractivity contribution < 1.29 is 19.0 Å². The minimum Gasteiger partial charge on any atom is -0.491 e. The normalized spacial score (nSPS) is 18.1. The molecule has 4 aromatic rings. The molecule has 45 heavy (non-hydrogen) atoms. The number of rotatable bonds is 10. The number of hydrogen-bond donors (Lipinski definition) is 0. The predicted octanol–water partition coefficient (Wildman–Crippen LogP) is 6.55. The van der Waals surface area contributed by atoms with E-state index in [4.69, 9.17) is 14.2 Å². The molecule has 0 amide bonds. The Morgan fingerprint density at radius 2 is 1.93 bits per heavy atom. The van der Waals surface area contributed by atoms with E-state index >= 15 is 0 Å². The highest BCUT2D eigenvalue weighted by atomic mass is 16.6. The van der Waals surface area contributed by atoms with Gasteiger partial charge in [-0.3, -0.25) is 4.57 Å². The molecule has 10 nitrogen and oxygen atoms in total. The molecule has 2 fully saturated rings. The van der Waals surface area contributed by atoms with Crippen molar-refractivity contribution in [3.8, 4) is 5.75 Å². The third kappa shape index (κ3) is 6.81. The molecule has 2 unspecified atom stereocenters. The molecule has 0 bridgehead atoms. The smallest absolute Gasteiger partial charge is 0.338 e. The van der Waals surface area contributed by atoms with Crippen molar-refractivity contribution >= 4 is 40.9 Å². The van der Waals surface area contributed by atoms with Crippen LogP contribution in [0.2, 0.25) is 0 Å². The second-order valence-corrected chi connectivity index (χ2v) is 11.7. The summed E-state index contributed by atoms with van der Waals surface area (Å²) in [5, 5.41) is 0. The zero-order chi connectivity index (χ0) is 31.3. The van der Waals surface area contributed by atoms with Crippen LogP contribution in [-0.4, -0.2) is 70.6 Å². The Morgan fingerprint density at radius 1 is 1.11 bits per heavy atom. The van der Waals surface area contributed by atoms with Crippen molar-refractivity contribution in [1.82, 2.24) is 24.4 Å². The van der Waals surface area contributed by atoms with E-state index < -0.39 is 0 Å². The van der Waals surface area contributed by atoms with Gasteiger partial charge in [-0.15, -0.1) is 0 Å². The van der Waals surface area contributed by atoms with Gasteiger partial charge in [-0.2, -0.15) is 0 Å².